The topological polar surface area (TPSA) is 116 Å². The molecule has 8 heteroatoms. The fourth-order valence-electron chi connectivity index (χ4n) is 2.62. The van der Waals surface area contributed by atoms with Gasteiger partial charge in [0.15, 0.2) is 0 Å². The van der Waals surface area contributed by atoms with Gasteiger partial charge in [0.25, 0.3) is 0 Å². The van der Waals surface area contributed by atoms with Crippen LogP contribution in [0.1, 0.15) is 12.0 Å². The number of carbonyl (C=O) groups is 1. The van der Waals surface area contributed by atoms with Crippen LogP contribution in [0.5, 0.6) is 0 Å². The number of hydrogen-bond acceptors (Lipinski definition) is 5. The molecule has 0 saturated heterocycles. The van der Waals surface area contributed by atoms with Gasteiger partial charge in [-0.25, -0.2) is 14.0 Å². The van der Waals surface area contributed by atoms with Gasteiger partial charge in [0, 0.05) is 5.56 Å². The first-order chi connectivity index (χ1) is 13.0. The molecule has 0 fully saturated rings. The summed E-state index contributed by atoms with van der Waals surface area (Å²) < 4.78 is 7.22. The van der Waals surface area contributed by atoms with Gasteiger partial charge in [0.1, 0.15) is 12.2 Å². The monoisotopic (exact) mass is 365 g/mol. The maximum atomic E-state index is 12.4. The minimum Gasteiger partial charge on any atom is -0.469 e. The molecule has 2 aromatic carbocycles. The predicted octanol–water partition coefficient (Wildman–Crippen LogP) is 1.55. The van der Waals surface area contributed by atoms with E-state index in [1.165, 1.54) is 22.7 Å². The Morgan fingerprint density at radius 2 is 1.70 bits per heavy atom. The van der Waals surface area contributed by atoms with Crippen LogP contribution in [0, 0.1) is 5.41 Å². The number of nitrogen functional groups attached to an aromatic ring is 1. The number of rotatable bonds is 6. The third-order valence-corrected chi connectivity index (χ3v) is 4.16. The lowest BCUT2D eigenvalue weighted by atomic mass is 10.0. The van der Waals surface area contributed by atoms with Crippen molar-refractivity contribution in [1.29, 1.82) is 5.41 Å². The van der Waals surface area contributed by atoms with Gasteiger partial charge < -0.3 is 10.5 Å². The molecule has 3 N–H and O–H groups in total. The lowest BCUT2D eigenvalue weighted by Crippen LogP contribution is -2.25. The standard InChI is InChI=1S/C19H19N5O3/c1-27-17(25)10-11-24-19(26)23(12-22-24)16-8-6-14(7-9-16)13-2-4-15(5-3-13)18(20)21/h2-9,12H,10-11H2,1H3,(H3,20,21). The van der Waals surface area contributed by atoms with E-state index >= 15 is 0 Å². The van der Waals surface area contributed by atoms with E-state index in [0.29, 0.717) is 11.3 Å². The van der Waals surface area contributed by atoms with E-state index in [2.05, 4.69) is 9.84 Å². The van der Waals surface area contributed by atoms with Crippen molar-refractivity contribution in [2.24, 2.45) is 5.73 Å². The molecule has 3 aromatic rings. The third kappa shape index (κ3) is 3.95. The minimum absolute atomic E-state index is 0.0282. The van der Waals surface area contributed by atoms with Gasteiger partial charge in [-0.3, -0.25) is 10.2 Å². The lowest BCUT2D eigenvalue weighted by Gasteiger charge is -2.06. The van der Waals surface area contributed by atoms with Crippen LogP contribution in [0.25, 0.3) is 16.8 Å². The molecule has 0 unspecified atom stereocenters. The predicted molar refractivity (Wildman–Crippen MR) is 101 cm³/mol. The first-order valence-corrected chi connectivity index (χ1v) is 8.26. The number of esters is 1. The SMILES string of the molecule is COC(=O)CCn1ncn(-c2ccc(-c3ccc(C(=N)N)cc3)cc2)c1=O. The Labute approximate surface area is 155 Å². The number of nitrogens with two attached hydrogens (primary N) is 1. The van der Waals surface area contributed by atoms with E-state index in [1.54, 1.807) is 12.1 Å². The Kier molecular flexibility index (Phi) is 5.16. The summed E-state index contributed by atoms with van der Waals surface area (Å²) in [7, 11) is 1.30. The Morgan fingerprint density at radius 1 is 1.11 bits per heavy atom. The first-order valence-electron chi connectivity index (χ1n) is 8.26. The summed E-state index contributed by atoms with van der Waals surface area (Å²) in [5.74, 6) is -0.364. The largest absolute Gasteiger partial charge is 0.469 e. The molecule has 0 spiro atoms. The van der Waals surface area contributed by atoms with Gasteiger partial charge in [-0.15, -0.1) is 0 Å². The number of aryl methyl sites for hydroxylation is 1. The molecule has 0 aliphatic rings. The van der Waals surface area contributed by atoms with Gasteiger partial charge in [-0.05, 0) is 23.3 Å². The second kappa shape index (κ2) is 7.69. The fourth-order valence-corrected chi connectivity index (χ4v) is 2.62. The number of hydrogen-bond donors (Lipinski definition) is 2. The van der Waals surface area contributed by atoms with Crippen molar-refractivity contribution in [2.75, 3.05) is 7.11 Å². The Hall–Kier alpha value is -3.68. The number of benzene rings is 2. The average Bonchev–Trinajstić information content (AvgIpc) is 3.06. The second-order valence-electron chi connectivity index (χ2n) is 5.87. The summed E-state index contributed by atoms with van der Waals surface area (Å²) in [6.07, 6.45) is 1.51. The number of nitrogens with one attached hydrogen (secondary N) is 1. The zero-order valence-corrected chi connectivity index (χ0v) is 14.8. The van der Waals surface area contributed by atoms with Crippen molar-refractivity contribution in [3.63, 3.8) is 0 Å². The number of ether oxygens (including phenoxy) is 1. The van der Waals surface area contributed by atoms with Crippen molar-refractivity contribution >= 4 is 11.8 Å². The third-order valence-electron chi connectivity index (χ3n) is 4.16. The average molecular weight is 365 g/mol. The summed E-state index contributed by atoms with van der Waals surface area (Å²) in [6.45, 7) is 0.166. The number of aromatic nitrogens is 3. The molecule has 1 aromatic heterocycles. The quantitative estimate of drug-likeness (QED) is 0.390. The molecule has 27 heavy (non-hydrogen) atoms. The summed E-state index contributed by atoms with van der Waals surface area (Å²) in [4.78, 5) is 23.6. The van der Waals surface area contributed by atoms with E-state index in [-0.39, 0.29) is 24.5 Å². The Morgan fingerprint density at radius 3 is 2.26 bits per heavy atom. The first kappa shape index (κ1) is 18.1. The van der Waals surface area contributed by atoms with Crippen molar-refractivity contribution in [2.45, 2.75) is 13.0 Å². The van der Waals surface area contributed by atoms with E-state index in [1.807, 2.05) is 36.4 Å². The van der Waals surface area contributed by atoms with Gasteiger partial charge in [-0.2, -0.15) is 5.10 Å². The molecule has 0 bridgehead atoms. The maximum Gasteiger partial charge on any atom is 0.350 e. The van der Waals surface area contributed by atoms with Crippen LogP contribution < -0.4 is 11.4 Å². The molecule has 0 atom stereocenters. The number of nitrogens with zero attached hydrogens (tertiary/aromatic N) is 3. The molecule has 0 amide bonds. The van der Waals surface area contributed by atoms with Crippen molar-refractivity contribution in [3.05, 3.63) is 70.9 Å². The lowest BCUT2D eigenvalue weighted by molar-refractivity contribution is -0.140. The van der Waals surface area contributed by atoms with Crippen LogP contribution in [0.15, 0.2) is 59.7 Å². The van der Waals surface area contributed by atoms with Crippen molar-refractivity contribution < 1.29 is 9.53 Å². The molecular weight excluding hydrogens is 346 g/mol. The highest BCUT2D eigenvalue weighted by Crippen LogP contribution is 2.21. The second-order valence-corrected chi connectivity index (χ2v) is 5.87. The summed E-state index contributed by atoms with van der Waals surface area (Å²) in [5.41, 5.74) is 8.44. The molecule has 0 aliphatic heterocycles. The zero-order valence-electron chi connectivity index (χ0n) is 14.8. The highest BCUT2D eigenvalue weighted by atomic mass is 16.5. The molecule has 0 radical (unpaired) electrons. The Balaban J connectivity index is 1.79. The Bertz CT molecular complexity index is 1020. The zero-order chi connectivity index (χ0) is 19.4. The van der Waals surface area contributed by atoms with E-state index in [0.717, 1.165) is 11.1 Å². The highest BCUT2D eigenvalue weighted by molar-refractivity contribution is 5.95. The number of amidine groups is 1. The summed E-state index contributed by atoms with van der Waals surface area (Å²) in [5, 5.41) is 11.5. The van der Waals surface area contributed by atoms with Crippen LogP contribution in [-0.4, -0.2) is 33.3 Å². The van der Waals surface area contributed by atoms with Crippen molar-refractivity contribution in [3.8, 4) is 16.8 Å². The summed E-state index contributed by atoms with van der Waals surface area (Å²) in [6, 6.07) is 14.8. The number of methoxy groups -OCH3 is 1. The molecule has 138 valence electrons. The number of carbonyl (C=O) groups excluding carboxylic acids is 1. The van der Waals surface area contributed by atoms with Crippen molar-refractivity contribution in [1.82, 2.24) is 14.3 Å². The smallest absolute Gasteiger partial charge is 0.350 e. The normalized spacial score (nSPS) is 10.6. The van der Waals surface area contributed by atoms with E-state index in [9.17, 15) is 9.59 Å². The van der Waals surface area contributed by atoms with Crippen LogP contribution in [0.3, 0.4) is 0 Å². The molecule has 0 saturated carbocycles. The molecular formula is C19H19N5O3. The molecule has 1 heterocycles. The minimum atomic E-state index is -0.392. The summed E-state index contributed by atoms with van der Waals surface area (Å²) >= 11 is 0. The van der Waals surface area contributed by atoms with Crippen LogP contribution in [0.2, 0.25) is 0 Å². The van der Waals surface area contributed by atoms with Gasteiger partial charge in [0.05, 0.1) is 25.8 Å². The molecule has 3 rings (SSSR count). The fraction of sp³-hybridized carbons (Fsp3) is 0.158. The highest BCUT2D eigenvalue weighted by Gasteiger charge is 2.09. The van der Waals surface area contributed by atoms with Crippen LogP contribution >= 0.6 is 0 Å². The maximum absolute atomic E-state index is 12.4. The molecule has 8 nitrogen and oxygen atoms in total. The van der Waals surface area contributed by atoms with Crippen LogP contribution in [-0.2, 0) is 16.1 Å². The molecule has 0 aliphatic carbocycles. The van der Waals surface area contributed by atoms with Gasteiger partial charge >= 0.3 is 11.7 Å². The van der Waals surface area contributed by atoms with Crippen LogP contribution in [0.4, 0.5) is 0 Å². The van der Waals surface area contributed by atoms with Gasteiger partial charge in [-0.1, -0.05) is 36.4 Å². The van der Waals surface area contributed by atoms with E-state index in [4.69, 9.17) is 11.1 Å². The van der Waals surface area contributed by atoms with Gasteiger partial charge in [0.2, 0.25) is 0 Å². The van der Waals surface area contributed by atoms with E-state index < -0.39 is 5.97 Å².